The third kappa shape index (κ3) is 5.69. The van der Waals surface area contributed by atoms with E-state index in [9.17, 15) is 29.4 Å². The number of carbonyl (C=O) groups excluding carboxylic acids is 3. The number of aliphatic hydroxyl groups is 1. The zero-order valence-electron chi connectivity index (χ0n) is 18.7. The summed E-state index contributed by atoms with van der Waals surface area (Å²) in [6.45, 7) is 2.14. The van der Waals surface area contributed by atoms with Crippen LogP contribution in [0.15, 0.2) is 30.3 Å². The third-order valence-electron chi connectivity index (χ3n) is 6.36. The lowest BCUT2D eigenvalue weighted by atomic mass is 10.0. The van der Waals surface area contributed by atoms with Gasteiger partial charge in [0.25, 0.3) is 0 Å². The quantitative estimate of drug-likeness (QED) is 0.407. The smallest absolute Gasteiger partial charge is 0.326 e. The van der Waals surface area contributed by atoms with Crippen LogP contribution in [0.5, 0.6) is 0 Å². The second-order valence-corrected chi connectivity index (χ2v) is 8.73. The number of carboxylic acid groups (broad SMARTS) is 1. The maximum Gasteiger partial charge on any atom is 0.326 e. The molecule has 2 heterocycles. The van der Waals surface area contributed by atoms with Crippen molar-refractivity contribution in [3.8, 4) is 0 Å². The number of carboxylic acids is 1. The molecule has 1 aromatic rings. The van der Waals surface area contributed by atoms with Gasteiger partial charge in [0.05, 0.1) is 6.10 Å². The predicted octanol–water partition coefficient (Wildman–Crippen LogP) is -0.511. The SMILES string of the molecule is CC(O)C(N)C(=O)N1CCCC1C(=O)N1CCCC1C(=O)NC(Cc1ccccc1)C(=O)O. The highest BCUT2D eigenvalue weighted by molar-refractivity contribution is 5.95. The molecule has 1 aromatic carbocycles. The number of aliphatic carboxylic acids is 1. The van der Waals surface area contributed by atoms with E-state index in [2.05, 4.69) is 5.32 Å². The second kappa shape index (κ2) is 10.8. The Morgan fingerprint density at radius 3 is 2.27 bits per heavy atom. The lowest BCUT2D eigenvalue weighted by Gasteiger charge is -2.32. The summed E-state index contributed by atoms with van der Waals surface area (Å²) in [6.07, 6.45) is 1.18. The number of benzene rings is 1. The number of nitrogens with one attached hydrogen (secondary N) is 1. The maximum absolute atomic E-state index is 13.3. The lowest BCUT2D eigenvalue weighted by molar-refractivity contribution is -0.148. The summed E-state index contributed by atoms with van der Waals surface area (Å²) in [5, 5.41) is 21.8. The van der Waals surface area contributed by atoms with Crippen LogP contribution in [-0.4, -0.2) is 87.1 Å². The summed E-state index contributed by atoms with van der Waals surface area (Å²) in [7, 11) is 0. The van der Waals surface area contributed by atoms with Crippen LogP contribution in [0.25, 0.3) is 0 Å². The van der Waals surface area contributed by atoms with Gasteiger partial charge in [-0.1, -0.05) is 30.3 Å². The summed E-state index contributed by atoms with van der Waals surface area (Å²) in [5.41, 5.74) is 6.57. The number of nitrogens with zero attached hydrogens (tertiary/aromatic N) is 2. The first-order valence-corrected chi connectivity index (χ1v) is 11.3. The zero-order chi connectivity index (χ0) is 24.1. The summed E-state index contributed by atoms with van der Waals surface area (Å²) < 4.78 is 0. The average Bonchev–Trinajstić information content (AvgIpc) is 3.47. The first kappa shape index (κ1) is 24.7. The Morgan fingerprint density at radius 2 is 1.67 bits per heavy atom. The molecule has 3 rings (SSSR count). The topological polar surface area (TPSA) is 153 Å². The van der Waals surface area contributed by atoms with E-state index < -0.39 is 48.1 Å². The number of aliphatic hydroxyl groups excluding tert-OH is 1. The molecule has 33 heavy (non-hydrogen) atoms. The van der Waals surface area contributed by atoms with E-state index in [-0.39, 0.29) is 12.3 Å². The highest BCUT2D eigenvalue weighted by Crippen LogP contribution is 2.26. The van der Waals surface area contributed by atoms with Gasteiger partial charge in [-0.2, -0.15) is 0 Å². The van der Waals surface area contributed by atoms with Gasteiger partial charge in [0.2, 0.25) is 17.7 Å². The minimum Gasteiger partial charge on any atom is -0.480 e. The van der Waals surface area contributed by atoms with E-state index >= 15 is 0 Å². The van der Waals surface area contributed by atoms with Gasteiger partial charge in [-0.05, 0) is 38.2 Å². The van der Waals surface area contributed by atoms with Crippen molar-refractivity contribution >= 4 is 23.7 Å². The average molecular weight is 461 g/mol. The molecule has 0 bridgehead atoms. The van der Waals surface area contributed by atoms with Crippen LogP contribution in [0.4, 0.5) is 0 Å². The normalized spacial score (nSPS) is 23.1. The van der Waals surface area contributed by atoms with Crippen molar-refractivity contribution in [3.63, 3.8) is 0 Å². The third-order valence-corrected chi connectivity index (χ3v) is 6.36. The first-order chi connectivity index (χ1) is 15.7. The van der Waals surface area contributed by atoms with Gasteiger partial charge in [-0.25, -0.2) is 4.79 Å². The van der Waals surface area contributed by atoms with Crippen molar-refractivity contribution in [2.45, 2.75) is 69.3 Å². The van der Waals surface area contributed by atoms with Crippen LogP contribution in [0.2, 0.25) is 0 Å². The molecule has 3 amide bonds. The number of likely N-dealkylation sites (tertiary alicyclic amines) is 2. The number of nitrogens with two attached hydrogens (primary N) is 1. The summed E-state index contributed by atoms with van der Waals surface area (Å²) in [5.74, 6) is -2.50. The molecule has 5 N–H and O–H groups in total. The minimum absolute atomic E-state index is 0.130. The molecule has 5 unspecified atom stereocenters. The largest absolute Gasteiger partial charge is 0.480 e. The summed E-state index contributed by atoms with van der Waals surface area (Å²) >= 11 is 0. The van der Waals surface area contributed by atoms with Gasteiger partial charge in [-0.15, -0.1) is 0 Å². The van der Waals surface area contributed by atoms with Crippen molar-refractivity contribution in [2.24, 2.45) is 5.73 Å². The Morgan fingerprint density at radius 1 is 1.06 bits per heavy atom. The fourth-order valence-corrected chi connectivity index (χ4v) is 4.50. The van der Waals surface area contributed by atoms with Crippen LogP contribution in [-0.2, 0) is 25.6 Å². The molecular formula is C23H32N4O6. The lowest BCUT2D eigenvalue weighted by Crippen LogP contribution is -2.57. The molecule has 10 heteroatoms. The minimum atomic E-state index is -1.15. The fourth-order valence-electron chi connectivity index (χ4n) is 4.50. The first-order valence-electron chi connectivity index (χ1n) is 11.3. The van der Waals surface area contributed by atoms with Crippen molar-refractivity contribution < 1.29 is 29.4 Å². The number of rotatable bonds is 8. The molecule has 2 saturated heterocycles. The molecule has 0 saturated carbocycles. The van der Waals surface area contributed by atoms with Crippen LogP contribution in [0.3, 0.4) is 0 Å². The molecule has 10 nitrogen and oxygen atoms in total. The van der Waals surface area contributed by atoms with Gasteiger partial charge in [0.15, 0.2) is 0 Å². The standard InChI is InChI=1S/C23H32N4O6/c1-14(28)19(24)22(31)27-12-6-10-18(27)21(30)26-11-5-9-17(26)20(29)25-16(23(32)33)13-15-7-3-2-4-8-15/h2-4,7-8,14,16-19,28H,5-6,9-13,24H2,1H3,(H,25,29)(H,32,33). The predicted molar refractivity (Wildman–Crippen MR) is 119 cm³/mol. The van der Waals surface area contributed by atoms with Gasteiger partial charge < -0.3 is 31.1 Å². The molecular weight excluding hydrogens is 428 g/mol. The summed E-state index contributed by atoms with van der Waals surface area (Å²) in [6, 6.07) is 5.22. The van der Waals surface area contributed by atoms with Crippen molar-refractivity contribution in [3.05, 3.63) is 35.9 Å². The Kier molecular flexibility index (Phi) is 8.04. The molecule has 5 atom stereocenters. The van der Waals surface area contributed by atoms with Gasteiger partial charge in [0, 0.05) is 19.5 Å². The van der Waals surface area contributed by atoms with E-state index in [0.29, 0.717) is 38.8 Å². The highest BCUT2D eigenvalue weighted by atomic mass is 16.4. The van der Waals surface area contributed by atoms with E-state index in [4.69, 9.17) is 5.73 Å². The van der Waals surface area contributed by atoms with E-state index in [1.54, 1.807) is 24.3 Å². The molecule has 2 aliphatic rings. The molecule has 0 spiro atoms. The number of carbonyl (C=O) groups is 4. The summed E-state index contributed by atoms with van der Waals surface area (Å²) in [4.78, 5) is 53.5. The van der Waals surface area contributed by atoms with E-state index in [1.165, 1.54) is 16.7 Å². The molecule has 2 fully saturated rings. The van der Waals surface area contributed by atoms with Crippen molar-refractivity contribution in [2.75, 3.05) is 13.1 Å². The second-order valence-electron chi connectivity index (χ2n) is 8.73. The van der Waals surface area contributed by atoms with E-state index in [1.807, 2.05) is 6.07 Å². The maximum atomic E-state index is 13.3. The van der Waals surface area contributed by atoms with Crippen LogP contribution in [0.1, 0.15) is 38.2 Å². The van der Waals surface area contributed by atoms with Gasteiger partial charge in [0.1, 0.15) is 24.2 Å². The zero-order valence-corrected chi connectivity index (χ0v) is 18.7. The molecule has 2 aliphatic heterocycles. The van der Waals surface area contributed by atoms with Crippen LogP contribution in [0, 0.1) is 0 Å². The Labute approximate surface area is 192 Å². The molecule has 0 radical (unpaired) electrons. The Hall–Kier alpha value is -2.98. The van der Waals surface area contributed by atoms with Crippen molar-refractivity contribution in [1.29, 1.82) is 0 Å². The number of hydrogen-bond acceptors (Lipinski definition) is 6. The molecule has 0 aliphatic carbocycles. The number of amides is 3. The van der Waals surface area contributed by atoms with Gasteiger partial charge in [-0.3, -0.25) is 14.4 Å². The van der Waals surface area contributed by atoms with Gasteiger partial charge >= 0.3 is 5.97 Å². The number of hydrogen-bond donors (Lipinski definition) is 4. The van der Waals surface area contributed by atoms with Crippen LogP contribution < -0.4 is 11.1 Å². The van der Waals surface area contributed by atoms with Crippen molar-refractivity contribution in [1.82, 2.24) is 15.1 Å². The fraction of sp³-hybridized carbons (Fsp3) is 0.565. The molecule has 0 aromatic heterocycles. The monoisotopic (exact) mass is 460 g/mol. The Balaban J connectivity index is 1.68. The van der Waals surface area contributed by atoms with Crippen LogP contribution >= 0.6 is 0 Å². The highest BCUT2D eigenvalue weighted by Gasteiger charge is 2.43. The Bertz CT molecular complexity index is 877. The molecule has 180 valence electrons. The van der Waals surface area contributed by atoms with E-state index in [0.717, 1.165) is 5.56 Å².